The summed E-state index contributed by atoms with van der Waals surface area (Å²) in [6, 6.07) is -0.344. The number of carbonyl (C=O) groups excluding carboxylic acids is 1. The molecule has 0 aromatic carbocycles. The average Bonchev–Trinajstić information content (AvgIpc) is 2.13. The first-order valence-electron chi connectivity index (χ1n) is 5.90. The van der Waals surface area contributed by atoms with Crippen molar-refractivity contribution in [1.82, 2.24) is 4.90 Å². The Morgan fingerprint density at radius 3 is 1.76 bits per heavy atom. The first-order valence-corrected chi connectivity index (χ1v) is 5.90. The predicted octanol–water partition coefficient (Wildman–Crippen LogP) is 3.61. The van der Waals surface area contributed by atoms with Gasteiger partial charge in [-0.3, -0.25) is 4.79 Å². The molecule has 102 valence electrons. The molecule has 17 heavy (non-hydrogen) atoms. The summed E-state index contributed by atoms with van der Waals surface area (Å²) in [7, 11) is 0. The fraction of sp³-hybridized carbons (Fsp3) is 0.917. The Kier molecular flexibility index (Phi) is 5.49. The van der Waals surface area contributed by atoms with Crippen LogP contribution in [0.4, 0.5) is 13.2 Å². The van der Waals surface area contributed by atoms with Crippen molar-refractivity contribution in [3.05, 3.63) is 0 Å². The van der Waals surface area contributed by atoms with E-state index >= 15 is 0 Å². The Morgan fingerprint density at radius 2 is 1.53 bits per heavy atom. The van der Waals surface area contributed by atoms with Crippen LogP contribution in [0, 0.1) is 5.41 Å². The van der Waals surface area contributed by atoms with E-state index in [4.69, 9.17) is 0 Å². The topological polar surface area (TPSA) is 20.3 Å². The summed E-state index contributed by atoms with van der Waals surface area (Å²) in [4.78, 5) is 13.0. The van der Waals surface area contributed by atoms with Gasteiger partial charge in [-0.2, -0.15) is 13.2 Å². The van der Waals surface area contributed by atoms with E-state index in [1.54, 1.807) is 34.6 Å². The van der Waals surface area contributed by atoms with E-state index in [9.17, 15) is 18.0 Å². The summed E-state index contributed by atoms with van der Waals surface area (Å²) >= 11 is 0. The smallest absolute Gasteiger partial charge is 0.330 e. The van der Waals surface area contributed by atoms with Crippen molar-refractivity contribution >= 4 is 5.91 Å². The molecular formula is C12H22F3NO. The molecule has 0 saturated carbocycles. The Balaban J connectivity index is 5.04. The molecule has 0 bridgehead atoms. The molecule has 0 unspecified atom stereocenters. The van der Waals surface area contributed by atoms with Gasteiger partial charge in [-0.1, -0.05) is 34.6 Å². The van der Waals surface area contributed by atoms with Crippen molar-refractivity contribution in [3.63, 3.8) is 0 Å². The van der Waals surface area contributed by atoms with Crippen LogP contribution in [-0.4, -0.2) is 29.6 Å². The third kappa shape index (κ3) is 5.41. The van der Waals surface area contributed by atoms with Gasteiger partial charge in [0.2, 0.25) is 5.91 Å². The van der Waals surface area contributed by atoms with Gasteiger partial charge in [0.05, 0.1) is 0 Å². The lowest BCUT2D eigenvalue weighted by molar-refractivity contribution is -0.171. The van der Waals surface area contributed by atoms with Gasteiger partial charge in [-0.05, 0) is 12.8 Å². The van der Waals surface area contributed by atoms with Gasteiger partial charge < -0.3 is 4.90 Å². The highest BCUT2D eigenvalue weighted by Crippen LogP contribution is 2.26. The molecule has 0 spiro atoms. The lowest BCUT2D eigenvalue weighted by Gasteiger charge is -2.35. The molecule has 1 amide bonds. The van der Waals surface area contributed by atoms with Crippen LogP contribution in [0.2, 0.25) is 0 Å². The molecule has 0 fully saturated rings. The molecule has 0 aromatic rings. The van der Waals surface area contributed by atoms with Crippen LogP contribution in [0.1, 0.15) is 47.5 Å². The normalized spacial score (nSPS) is 13.0. The molecule has 0 aromatic heterocycles. The van der Waals surface area contributed by atoms with E-state index in [1.807, 2.05) is 0 Å². The van der Waals surface area contributed by atoms with Crippen LogP contribution in [0.15, 0.2) is 0 Å². The minimum absolute atomic E-state index is 0.344. The molecule has 0 aliphatic heterocycles. The number of nitrogens with zero attached hydrogens (tertiary/aromatic N) is 1. The first-order chi connectivity index (χ1) is 7.53. The fourth-order valence-electron chi connectivity index (χ4n) is 1.72. The highest BCUT2D eigenvalue weighted by Gasteiger charge is 2.38. The third-order valence-corrected chi connectivity index (χ3v) is 2.64. The molecule has 0 aliphatic rings. The van der Waals surface area contributed by atoms with E-state index < -0.39 is 24.0 Å². The number of rotatable bonds is 4. The molecule has 0 heterocycles. The van der Waals surface area contributed by atoms with Crippen LogP contribution >= 0.6 is 0 Å². The third-order valence-electron chi connectivity index (χ3n) is 2.64. The number of halogens is 3. The summed E-state index contributed by atoms with van der Waals surface area (Å²) in [5, 5.41) is 0. The van der Waals surface area contributed by atoms with Gasteiger partial charge >= 0.3 is 6.18 Å². The maximum Gasteiger partial charge on any atom is 0.406 e. The summed E-state index contributed by atoms with van der Waals surface area (Å²) < 4.78 is 37.5. The Morgan fingerprint density at radius 1 is 1.12 bits per heavy atom. The summed E-state index contributed by atoms with van der Waals surface area (Å²) in [5.74, 6) is -0.441. The number of hydrogen-bond acceptors (Lipinski definition) is 1. The lowest BCUT2D eigenvalue weighted by Crippen LogP contribution is -2.49. The first kappa shape index (κ1) is 16.3. The Labute approximate surface area is 101 Å². The van der Waals surface area contributed by atoms with E-state index in [-0.39, 0.29) is 6.04 Å². The van der Waals surface area contributed by atoms with Crippen molar-refractivity contribution in [1.29, 1.82) is 0 Å². The molecule has 0 aliphatic carbocycles. The second-order valence-corrected chi connectivity index (χ2v) is 5.27. The van der Waals surface area contributed by atoms with Crippen molar-refractivity contribution in [2.24, 2.45) is 5.41 Å². The number of alkyl halides is 3. The second-order valence-electron chi connectivity index (χ2n) is 5.27. The molecule has 2 nitrogen and oxygen atoms in total. The van der Waals surface area contributed by atoms with Crippen LogP contribution in [0.25, 0.3) is 0 Å². The van der Waals surface area contributed by atoms with E-state index in [2.05, 4.69) is 0 Å². The standard InChI is InChI=1S/C12H22F3NO/c1-6-9(7-2)16(8-12(13,14)15)10(17)11(3,4)5/h9H,6-8H2,1-5H3. The molecule has 0 radical (unpaired) electrons. The molecule has 0 saturated heterocycles. The molecule has 0 N–H and O–H groups in total. The average molecular weight is 253 g/mol. The van der Waals surface area contributed by atoms with Gasteiger partial charge in [0.1, 0.15) is 6.54 Å². The number of carbonyl (C=O) groups is 1. The van der Waals surface area contributed by atoms with Gasteiger partial charge in [0.15, 0.2) is 0 Å². The maximum absolute atomic E-state index is 12.5. The number of amides is 1. The zero-order valence-electron chi connectivity index (χ0n) is 11.2. The summed E-state index contributed by atoms with van der Waals surface area (Å²) in [5.41, 5.74) is -0.784. The Bertz CT molecular complexity index is 251. The quantitative estimate of drug-likeness (QED) is 0.749. The zero-order valence-corrected chi connectivity index (χ0v) is 11.2. The molecule has 0 atom stereocenters. The van der Waals surface area contributed by atoms with E-state index in [0.29, 0.717) is 12.8 Å². The minimum Gasteiger partial charge on any atom is -0.330 e. The monoisotopic (exact) mass is 253 g/mol. The SMILES string of the molecule is CCC(CC)N(CC(F)(F)F)C(=O)C(C)(C)C. The summed E-state index contributed by atoms with van der Waals surface area (Å²) in [6.07, 6.45) is -3.27. The van der Waals surface area contributed by atoms with E-state index in [0.717, 1.165) is 4.90 Å². The van der Waals surface area contributed by atoms with Crippen molar-refractivity contribution in [2.75, 3.05) is 6.54 Å². The van der Waals surface area contributed by atoms with Crippen molar-refractivity contribution in [2.45, 2.75) is 59.7 Å². The van der Waals surface area contributed by atoms with Crippen LogP contribution in [0.5, 0.6) is 0 Å². The lowest BCUT2D eigenvalue weighted by atomic mass is 9.93. The van der Waals surface area contributed by atoms with Crippen LogP contribution in [0.3, 0.4) is 0 Å². The minimum atomic E-state index is -4.34. The molecule has 5 heteroatoms. The van der Waals surface area contributed by atoms with Crippen LogP contribution < -0.4 is 0 Å². The fourth-order valence-corrected chi connectivity index (χ4v) is 1.72. The van der Waals surface area contributed by atoms with Gasteiger partial charge in [0, 0.05) is 11.5 Å². The molecular weight excluding hydrogens is 231 g/mol. The van der Waals surface area contributed by atoms with Crippen LogP contribution in [-0.2, 0) is 4.79 Å². The molecule has 0 rings (SSSR count). The highest BCUT2D eigenvalue weighted by atomic mass is 19.4. The predicted molar refractivity (Wildman–Crippen MR) is 61.6 cm³/mol. The second kappa shape index (κ2) is 5.74. The number of hydrogen-bond donors (Lipinski definition) is 0. The largest absolute Gasteiger partial charge is 0.406 e. The highest BCUT2D eigenvalue weighted by molar-refractivity contribution is 5.81. The van der Waals surface area contributed by atoms with E-state index in [1.165, 1.54) is 0 Å². The van der Waals surface area contributed by atoms with Gasteiger partial charge in [-0.15, -0.1) is 0 Å². The maximum atomic E-state index is 12.5. The Hall–Kier alpha value is -0.740. The van der Waals surface area contributed by atoms with Gasteiger partial charge in [-0.25, -0.2) is 0 Å². The zero-order chi connectivity index (χ0) is 13.9. The van der Waals surface area contributed by atoms with Gasteiger partial charge in [0.25, 0.3) is 0 Å². The van der Waals surface area contributed by atoms with Crippen molar-refractivity contribution in [3.8, 4) is 0 Å². The van der Waals surface area contributed by atoms with Crippen molar-refractivity contribution < 1.29 is 18.0 Å². The summed E-state index contributed by atoms with van der Waals surface area (Å²) in [6.45, 7) is 7.36.